The van der Waals surface area contributed by atoms with E-state index < -0.39 is 6.08 Å². The van der Waals surface area contributed by atoms with Crippen LogP contribution in [0.3, 0.4) is 0 Å². The van der Waals surface area contributed by atoms with E-state index in [0.717, 1.165) is 24.5 Å². The molecule has 0 radical (unpaired) electrons. The minimum Gasteiger partial charge on any atom is -0.174 e. The van der Waals surface area contributed by atoms with E-state index in [-0.39, 0.29) is 17.8 Å². The molecule has 0 aromatic rings. The number of hydrogen-bond donors (Lipinski definition) is 0. The van der Waals surface area contributed by atoms with Gasteiger partial charge in [0.1, 0.15) is 0 Å². The Morgan fingerprint density at radius 3 is 2.09 bits per heavy atom. The largest absolute Gasteiger partial charge is 0.266 e. The average molecular weight is 320 g/mol. The van der Waals surface area contributed by atoms with E-state index in [0.29, 0.717) is 0 Å². The first kappa shape index (κ1) is 21.3. The van der Waals surface area contributed by atoms with Crippen LogP contribution in [-0.4, -0.2) is 0 Å². The van der Waals surface area contributed by atoms with Crippen molar-refractivity contribution < 1.29 is 8.78 Å². The second-order valence-electron chi connectivity index (χ2n) is 5.59. The third kappa shape index (κ3) is 8.49. The summed E-state index contributed by atoms with van der Waals surface area (Å²) >= 11 is 0. The lowest BCUT2D eigenvalue weighted by Gasteiger charge is -2.30. The minimum absolute atomic E-state index is 0.0582. The van der Waals surface area contributed by atoms with E-state index in [1.165, 1.54) is 0 Å². The summed E-state index contributed by atoms with van der Waals surface area (Å²) in [6.07, 6.45) is 16.7. The monoisotopic (exact) mass is 320 g/mol. The fourth-order valence-corrected chi connectivity index (χ4v) is 2.71. The Morgan fingerprint density at radius 1 is 1.00 bits per heavy atom. The van der Waals surface area contributed by atoms with Gasteiger partial charge in [-0.15, -0.1) is 6.58 Å². The fourth-order valence-electron chi connectivity index (χ4n) is 2.71. The summed E-state index contributed by atoms with van der Waals surface area (Å²) in [7, 11) is 0. The molecule has 0 aromatic carbocycles. The van der Waals surface area contributed by atoms with Crippen molar-refractivity contribution in [1.29, 1.82) is 0 Å². The highest BCUT2D eigenvalue weighted by molar-refractivity contribution is 5.20. The molecule has 128 valence electrons. The highest BCUT2D eigenvalue weighted by Crippen LogP contribution is 2.35. The van der Waals surface area contributed by atoms with Crippen molar-refractivity contribution in [3.8, 4) is 0 Å². The van der Waals surface area contributed by atoms with Crippen LogP contribution in [0, 0.1) is 17.8 Å². The molecule has 0 rings (SSSR count). The Kier molecular flexibility index (Phi) is 11.9. The molecule has 0 aliphatic rings. The maximum Gasteiger partial charge on any atom is 0.266 e. The van der Waals surface area contributed by atoms with Crippen LogP contribution in [0.2, 0.25) is 0 Å². The molecule has 0 aliphatic heterocycles. The number of hydrogen-bond acceptors (Lipinski definition) is 0. The predicted octanol–water partition coefficient (Wildman–Crippen LogP) is 7.26. The summed E-state index contributed by atoms with van der Waals surface area (Å²) in [4.78, 5) is 0. The van der Waals surface area contributed by atoms with Crippen molar-refractivity contribution in [2.75, 3.05) is 0 Å². The van der Waals surface area contributed by atoms with Crippen molar-refractivity contribution in [1.82, 2.24) is 0 Å². The SMILES string of the molecule is C=CC(CC=CC)C(CC=CC)C(C=C(F)F)C(C)=CC=CC. The molecule has 0 aromatic heterocycles. The molecule has 0 saturated heterocycles. The van der Waals surface area contributed by atoms with Gasteiger partial charge in [-0.1, -0.05) is 54.2 Å². The van der Waals surface area contributed by atoms with E-state index in [1.807, 2.05) is 64.2 Å². The third-order valence-electron chi connectivity index (χ3n) is 3.98. The smallest absolute Gasteiger partial charge is 0.174 e. The lowest BCUT2D eigenvalue weighted by molar-refractivity contribution is 0.323. The fraction of sp³-hybridized carbons (Fsp3) is 0.429. The van der Waals surface area contributed by atoms with Crippen LogP contribution in [0.15, 0.2) is 72.9 Å². The predicted molar refractivity (Wildman–Crippen MR) is 98.4 cm³/mol. The van der Waals surface area contributed by atoms with Gasteiger partial charge in [-0.3, -0.25) is 0 Å². The topological polar surface area (TPSA) is 0 Å². The van der Waals surface area contributed by atoms with Gasteiger partial charge in [-0.05, 0) is 58.4 Å². The van der Waals surface area contributed by atoms with Crippen LogP contribution in [0.25, 0.3) is 0 Å². The van der Waals surface area contributed by atoms with Gasteiger partial charge in [0, 0.05) is 5.92 Å². The zero-order valence-corrected chi connectivity index (χ0v) is 14.8. The summed E-state index contributed by atoms with van der Waals surface area (Å²) in [5.74, 6) is -0.0967. The molecule has 0 spiro atoms. The Bertz CT molecular complexity index is 474. The molecule has 0 amide bonds. The van der Waals surface area contributed by atoms with Crippen LogP contribution < -0.4 is 0 Å². The van der Waals surface area contributed by atoms with E-state index >= 15 is 0 Å². The summed E-state index contributed by atoms with van der Waals surface area (Å²) in [6, 6.07) is 0. The van der Waals surface area contributed by atoms with E-state index in [4.69, 9.17) is 0 Å². The van der Waals surface area contributed by atoms with E-state index in [9.17, 15) is 8.78 Å². The van der Waals surface area contributed by atoms with Gasteiger partial charge in [-0.2, -0.15) is 8.78 Å². The van der Waals surface area contributed by atoms with Crippen molar-refractivity contribution in [3.05, 3.63) is 72.9 Å². The molecule has 2 heteroatoms. The van der Waals surface area contributed by atoms with E-state index in [2.05, 4.69) is 18.7 Å². The van der Waals surface area contributed by atoms with Crippen LogP contribution in [0.4, 0.5) is 8.78 Å². The molecule has 23 heavy (non-hydrogen) atoms. The zero-order chi connectivity index (χ0) is 17.7. The van der Waals surface area contributed by atoms with Crippen LogP contribution in [-0.2, 0) is 0 Å². The van der Waals surface area contributed by atoms with Crippen molar-refractivity contribution in [3.63, 3.8) is 0 Å². The Morgan fingerprint density at radius 2 is 1.61 bits per heavy atom. The minimum atomic E-state index is -1.62. The lowest BCUT2D eigenvalue weighted by Crippen LogP contribution is -2.22. The second kappa shape index (κ2) is 12.8. The summed E-state index contributed by atoms with van der Waals surface area (Å²) in [5, 5.41) is 0. The molecule has 3 unspecified atom stereocenters. The number of halogens is 2. The molecule has 0 N–H and O–H groups in total. The lowest BCUT2D eigenvalue weighted by atomic mass is 9.74. The Hall–Kier alpha value is -1.70. The third-order valence-corrected chi connectivity index (χ3v) is 3.98. The first-order valence-corrected chi connectivity index (χ1v) is 8.18. The summed E-state index contributed by atoms with van der Waals surface area (Å²) in [5.41, 5.74) is 0.942. The summed E-state index contributed by atoms with van der Waals surface area (Å²) in [6.45, 7) is 11.7. The van der Waals surface area contributed by atoms with Gasteiger partial charge in [0.05, 0.1) is 0 Å². The van der Waals surface area contributed by atoms with Crippen molar-refractivity contribution >= 4 is 0 Å². The molecule has 3 atom stereocenters. The van der Waals surface area contributed by atoms with Gasteiger partial charge in [0.2, 0.25) is 0 Å². The second-order valence-corrected chi connectivity index (χ2v) is 5.59. The van der Waals surface area contributed by atoms with Gasteiger partial charge < -0.3 is 0 Å². The van der Waals surface area contributed by atoms with Crippen LogP contribution >= 0.6 is 0 Å². The quantitative estimate of drug-likeness (QED) is 0.293. The molecule has 0 aliphatic carbocycles. The van der Waals surface area contributed by atoms with Crippen molar-refractivity contribution in [2.24, 2.45) is 17.8 Å². The van der Waals surface area contributed by atoms with Crippen LogP contribution in [0.5, 0.6) is 0 Å². The van der Waals surface area contributed by atoms with Gasteiger partial charge >= 0.3 is 0 Å². The number of allylic oxidation sites excluding steroid dienone is 10. The maximum absolute atomic E-state index is 13.0. The average Bonchev–Trinajstić information content (AvgIpc) is 2.53. The molecule has 0 nitrogen and oxygen atoms in total. The Labute approximate surface area is 140 Å². The molecule has 0 bridgehead atoms. The highest BCUT2D eigenvalue weighted by Gasteiger charge is 2.26. The summed E-state index contributed by atoms with van der Waals surface area (Å²) < 4.78 is 26.1. The Balaban J connectivity index is 5.77. The number of rotatable bonds is 10. The highest BCUT2D eigenvalue weighted by atomic mass is 19.3. The molecular weight excluding hydrogens is 290 g/mol. The molecule has 0 heterocycles. The van der Waals surface area contributed by atoms with Crippen LogP contribution in [0.1, 0.15) is 40.5 Å². The molecule has 0 fully saturated rings. The molecular formula is C21H30F2. The van der Waals surface area contributed by atoms with Gasteiger partial charge in [-0.25, -0.2) is 0 Å². The van der Waals surface area contributed by atoms with Gasteiger partial charge in [0.25, 0.3) is 6.08 Å². The van der Waals surface area contributed by atoms with Gasteiger partial charge in [0.15, 0.2) is 0 Å². The zero-order valence-electron chi connectivity index (χ0n) is 14.8. The first-order chi connectivity index (χ1) is 11.0. The van der Waals surface area contributed by atoms with E-state index in [1.54, 1.807) is 0 Å². The normalized spacial score (nSPS) is 16.9. The standard InChI is InChI=1S/C21H30F2/c1-6-10-13-17(5)20(16-21(22)23)19(15-12-8-3)18(9-4)14-11-7-2/h6-13,16,18-20H,4,14-15H2,1-3,5H3. The maximum atomic E-state index is 13.0. The van der Waals surface area contributed by atoms with Crippen molar-refractivity contribution in [2.45, 2.75) is 40.5 Å². The molecule has 0 saturated carbocycles. The first-order valence-electron chi connectivity index (χ1n) is 8.18.